The number of pyridine rings is 1. The molecule has 0 amide bonds. The summed E-state index contributed by atoms with van der Waals surface area (Å²) >= 11 is 0. The van der Waals surface area contributed by atoms with Crippen molar-refractivity contribution in [2.45, 2.75) is 20.8 Å². The number of carbonyl (C=O) groups excluding carboxylic acids is 2. The second-order valence-electron chi connectivity index (χ2n) is 7.70. The molecule has 0 fully saturated rings. The second kappa shape index (κ2) is 8.93. The van der Waals surface area contributed by atoms with E-state index in [9.17, 15) is 9.59 Å². The van der Waals surface area contributed by atoms with Crippen molar-refractivity contribution in [2.24, 2.45) is 0 Å². The fraction of sp³-hybridized carbons (Fsp3) is 0.304. The lowest BCUT2D eigenvalue weighted by molar-refractivity contribution is 0.0512. The van der Waals surface area contributed by atoms with Crippen molar-refractivity contribution in [2.75, 3.05) is 37.9 Å². The Morgan fingerprint density at radius 2 is 1.68 bits per heavy atom. The number of aromatic nitrogens is 5. The molecule has 0 saturated carbocycles. The summed E-state index contributed by atoms with van der Waals surface area (Å²) in [6.07, 6.45) is 0. The van der Waals surface area contributed by atoms with E-state index in [-0.39, 0.29) is 30.4 Å². The van der Waals surface area contributed by atoms with Gasteiger partial charge in [0.2, 0.25) is 5.69 Å². The number of nitrogen functional groups attached to an aromatic ring is 1. The number of hydrogen-bond donors (Lipinski definition) is 1. The van der Waals surface area contributed by atoms with Crippen LogP contribution < -0.4 is 10.6 Å². The zero-order valence-electron chi connectivity index (χ0n) is 19.6. The molecule has 4 aromatic rings. The standard InChI is InChI=1S/C23H25N7O4/c1-6-33-22(31)15-12(3)25-20-17(16(15)13-8-10-14(11-9-13)29(4)5)21-27-26-18(23(32)34-7-2)19(24)30(21)28-20/h8-11H,6-7,24H2,1-5H3. The molecule has 11 heteroatoms. The topological polar surface area (TPSA) is 138 Å². The fourth-order valence-electron chi connectivity index (χ4n) is 3.74. The SMILES string of the molecule is CCOC(=O)c1nnc2c3c(-c4ccc(N(C)C)cc4)c(C(=O)OCC)c(C)nc3nn2c1N. The van der Waals surface area contributed by atoms with Crippen LogP contribution in [0.1, 0.15) is 40.4 Å². The van der Waals surface area contributed by atoms with E-state index in [1.54, 1.807) is 20.8 Å². The first-order valence-electron chi connectivity index (χ1n) is 10.8. The highest BCUT2D eigenvalue weighted by Crippen LogP contribution is 2.36. The van der Waals surface area contributed by atoms with Crippen LogP contribution in [0.15, 0.2) is 24.3 Å². The number of nitrogens with zero attached hydrogens (tertiary/aromatic N) is 6. The Balaban J connectivity index is 2.08. The second-order valence-corrected chi connectivity index (χ2v) is 7.70. The van der Waals surface area contributed by atoms with Crippen molar-refractivity contribution in [1.82, 2.24) is 24.8 Å². The van der Waals surface area contributed by atoms with Gasteiger partial charge in [-0.25, -0.2) is 14.6 Å². The summed E-state index contributed by atoms with van der Waals surface area (Å²) in [4.78, 5) is 31.7. The minimum atomic E-state index is -0.704. The van der Waals surface area contributed by atoms with Gasteiger partial charge >= 0.3 is 11.9 Å². The van der Waals surface area contributed by atoms with Gasteiger partial charge in [0, 0.05) is 25.3 Å². The minimum Gasteiger partial charge on any atom is -0.462 e. The number of nitrogens with two attached hydrogens (primary N) is 1. The first-order chi connectivity index (χ1) is 16.3. The molecular formula is C23H25N7O4. The predicted octanol–water partition coefficient (Wildman–Crippen LogP) is 2.65. The molecule has 0 saturated heterocycles. The predicted molar refractivity (Wildman–Crippen MR) is 127 cm³/mol. The van der Waals surface area contributed by atoms with E-state index in [1.807, 2.05) is 43.3 Å². The lowest BCUT2D eigenvalue weighted by Crippen LogP contribution is -2.15. The van der Waals surface area contributed by atoms with Crippen molar-refractivity contribution >= 4 is 40.1 Å². The largest absolute Gasteiger partial charge is 0.462 e. The van der Waals surface area contributed by atoms with Crippen LogP contribution in [0.4, 0.5) is 11.5 Å². The molecule has 34 heavy (non-hydrogen) atoms. The summed E-state index contributed by atoms with van der Waals surface area (Å²) in [6, 6.07) is 7.69. The Morgan fingerprint density at radius 1 is 1.03 bits per heavy atom. The first kappa shape index (κ1) is 22.9. The fourth-order valence-corrected chi connectivity index (χ4v) is 3.74. The lowest BCUT2D eigenvalue weighted by Gasteiger charge is -2.15. The van der Waals surface area contributed by atoms with Crippen LogP contribution in [-0.4, -0.2) is 64.0 Å². The molecule has 0 aliphatic rings. The van der Waals surface area contributed by atoms with Gasteiger partial charge in [-0.1, -0.05) is 12.1 Å². The normalized spacial score (nSPS) is 11.1. The Bertz CT molecular complexity index is 1410. The van der Waals surface area contributed by atoms with Gasteiger partial charge in [0.15, 0.2) is 17.1 Å². The molecule has 0 aliphatic carbocycles. The van der Waals surface area contributed by atoms with Crippen molar-refractivity contribution in [3.63, 3.8) is 0 Å². The van der Waals surface area contributed by atoms with Gasteiger partial charge in [-0.05, 0) is 38.5 Å². The van der Waals surface area contributed by atoms with Crippen LogP contribution in [0.3, 0.4) is 0 Å². The molecule has 176 valence electrons. The molecule has 0 atom stereocenters. The third-order valence-corrected chi connectivity index (χ3v) is 5.31. The summed E-state index contributed by atoms with van der Waals surface area (Å²) in [6.45, 7) is 5.50. The highest BCUT2D eigenvalue weighted by Gasteiger charge is 2.27. The molecule has 0 unspecified atom stereocenters. The molecule has 1 aromatic carbocycles. The van der Waals surface area contributed by atoms with E-state index < -0.39 is 11.9 Å². The van der Waals surface area contributed by atoms with Crippen LogP contribution in [0.5, 0.6) is 0 Å². The van der Waals surface area contributed by atoms with Gasteiger partial charge in [0.1, 0.15) is 0 Å². The molecule has 11 nitrogen and oxygen atoms in total. The van der Waals surface area contributed by atoms with Crippen LogP contribution in [-0.2, 0) is 9.47 Å². The minimum absolute atomic E-state index is 0.0364. The number of aryl methyl sites for hydroxylation is 1. The third-order valence-electron chi connectivity index (χ3n) is 5.31. The van der Waals surface area contributed by atoms with E-state index in [0.29, 0.717) is 27.9 Å². The zero-order valence-corrected chi connectivity index (χ0v) is 19.6. The average molecular weight is 463 g/mol. The van der Waals surface area contributed by atoms with Crippen LogP contribution >= 0.6 is 0 Å². The van der Waals surface area contributed by atoms with Crippen LogP contribution in [0, 0.1) is 6.92 Å². The number of carbonyl (C=O) groups is 2. The van der Waals surface area contributed by atoms with Crippen LogP contribution in [0.2, 0.25) is 0 Å². The zero-order chi connectivity index (χ0) is 24.6. The van der Waals surface area contributed by atoms with Crippen molar-refractivity contribution in [3.05, 3.63) is 41.2 Å². The van der Waals surface area contributed by atoms with E-state index in [4.69, 9.17) is 15.2 Å². The monoisotopic (exact) mass is 463 g/mol. The Kier molecular flexibility index (Phi) is 6.01. The maximum Gasteiger partial charge on any atom is 0.362 e. The summed E-state index contributed by atoms with van der Waals surface area (Å²) in [5.41, 5.74) is 9.66. The quantitative estimate of drug-likeness (QED) is 0.425. The molecule has 4 rings (SSSR count). The Labute approximate surface area is 195 Å². The molecule has 0 radical (unpaired) electrons. The maximum absolute atomic E-state index is 13.0. The van der Waals surface area contributed by atoms with Gasteiger partial charge in [-0.3, -0.25) is 0 Å². The van der Waals surface area contributed by atoms with Crippen molar-refractivity contribution in [1.29, 1.82) is 0 Å². The highest BCUT2D eigenvalue weighted by atomic mass is 16.5. The molecule has 0 bridgehead atoms. The number of fused-ring (bicyclic) bond motifs is 3. The van der Waals surface area contributed by atoms with Gasteiger partial charge in [0.25, 0.3) is 0 Å². The summed E-state index contributed by atoms with van der Waals surface area (Å²) in [5, 5.41) is 13.1. The number of esters is 2. The number of hydrogen-bond acceptors (Lipinski definition) is 10. The lowest BCUT2D eigenvalue weighted by atomic mass is 9.95. The van der Waals surface area contributed by atoms with Gasteiger partial charge in [-0.2, -0.15) is 4.52 Å². The third kappa shape index (κ3) is 3.74. The van der Waals surface area contributed by atoms with E-state index in [0.717, 1.165) is 11.3 Å². The molecule has 0 spiro atoms. The average Bonchev–Trinajstić information content (AvgIpc) is 3.17. The van der Waals surface area contributed by atoms with Crippen molar-refractivity contribution < 1.29 is 19.1 Å². The maximum atomic E-state index is 13.0. The van der Waals surface area contributed by atoms with Gasteiger partial charge < -0.3 is 20.1 Å². The van der Waals surface area contributed by atoms with Crippen molar-refractivity contribution in [3.8, 4) is 11.1 Å². The summed E-state index contributed by atoms with van der Waals surface area (Å²) < 4.78 is 11.6. The Hall–Kier alpha value is -4.28. The number of anilines is 2. The molecule has 3 aromatic heterocycles. The number of rotatable bonds is 6. The molecular weight excluding hydrogens is 438 g/mol. The highest BCUT2D eigenvalue weighted by molar-refractivity contribution is 6.12. The smallest absolute Gasteiger partial charge is 0.362 e. The van der Waals surface area contributed by atoms with Gasteiger partial charge in [0.05, 0.1) is 29.9 Å². The van der Waals surface area contributed by atoms with Crippen LogP contribution in [0.25, 0.3) is 27.8 Å². The summed E-state index contributed by atoms with van der Waals surface area (Å²) in [7, 11) is 3.89. The number of ether oxygens (including phenoxy) is 2. The van der Waals surface area contributed by atoms with E-state index in [1.165, 1.54) is 4.52 Å². The first-order valence-corrected chi connectivity index (χ1v) is 10.8. The number of benzene rings is 1. The molecule has 2 N–H and O–H groups in total. The molecule has 0 aliphatic heterocycles. The summed E-state index contributed by atoms with van der Waals surface area (Å²) in [5.74, 6) is -1.25. The van der Waals surface area contributed by atoms with E-state index >= 15 is 0 Å². The molecule has 3 heterocycles. The Morgan fingerprint density at radius 3 is 2.29 bits per heavy atom. The van der Waals surface area contributed by atoms with Gasteiger partial charge in [-0.15, -0.1) is 15.3 Å². The van der Waals surface area contributed by atoms with E-state index in [2.05, 4.69) is 20.3 Å².